The largest absolute Gasteiger partial charge is 0.370 e. The van der Waals surface area contributed by atoms with Gasteiger partial charge < -0.3 is 10.6 Å². The standard InChI is InChI=1S/C17H22N4O/c1-11(2)9-18-16-8-15(19-10-20-16)17(22)21-14-6-5-12(3)7-13(14)4/h5-8,10-11H,9H2,1-4H3,(H,21,22)(H,18,19,20). The van der Waals surface area contributed by atoms with Gasteiger partial charge in [-0.3, -0.25) is 4.79 Å². The molecule has 2 rings (SSSR count). The van der Waals surface area contributed by atoms with E-state index in [9.17, 15) is 4.79 Å². The minimum Gasteiger partial charge on any atom is -0.370 e. The highest BCUT2D eigenvalue weighted by atomic mass is 16.1. The first-order valence-electron chi connectivity index (χ1n) is 7.40. The van der Waals surface area contributed by atoms with Crippen LogP contribution in [0, 0.1) is 19.8 Å². The number of nitrogens with zero attached hydrogens (tertiary/aromatic N) is 2. The van der Waals surface area contributed by atoms with E-state index in [1.165, 1.54) is 6.33 Å². The first kappa shape index (κ1) is 15.9. The number of carbonyl (C=O) groups is 1. The van der Waals surface area contributed by atoms with Gasteiger partial charge in [-0.05, 0) is 31.4 Å². The van der Waals surface area contributed by atoms with Crippen LogP contribution in [0.25, 0.3) is 0 Å². The van der Waals surface area contributed by atoms with Gasteiger partial charge in [-0.1, -0.05) is 31.5 Å². The summed E-state index contributed by atoms with van der Waals surface area (Å²) in [5, 5.41) is 6.08. The molecule has 1 amide bonds. The van der Waals surface area contributed by atoms with E-state index in [4.69, 9.17) is 0 Å². The van der Waals surface area contributed by atoms with Crippen LogP contribution in [0.1, 0.15) is 35.5 Å². The van der Waals surface area contributed by atoms with Crippen LogP contribution in [0.3, 0.4) is 0 Å². The topological polar surface area (TPSA) is 66.9 Å². The molecule has 0 saturated carbocycles. The number of aryl methyl sites for hydroxylation is 2. The Morgan fingerprint density at radius 2 is 1.95 bits per heavy atom. The second-order valence-electron chi connectivity index (χ2n) is 5.84. The summed E-state index contributed by atoms with van der Waals surface area (Å²) in [6, 6.07) is 7.58. The lowest BCUT2D eigenvalue weighted by Crippen LogP contribution is -2.16. The number of nitrogens with one attached hydrogen (secondary N) is 2. The first-order valence-corrected chi connectivity index (χ1v) is 7.40. The summed E-state index contributed by atoms with van der Waals surface area (Å²) in [6.45, 7) is 9.02. The summed E-state index contributed by atoms with van der Waals surface area (Å²) in [7, 11) is 0. The van der Waals surface area contributed by atoms with Crippen LogP contribution >= 0.6 is 0 Å². The smallest absolute Gasteiger partial charge is 0.274 e. The quantitative estimate of drug-likeness (QED) is 0.887. The molecule has 0 atom stereocenters. The highest BCUT2D eigenvalue weighted by molar-refractivity contribution is 6.03. The van der Waals surface area contributed by atoms with Crippen molar-refractivity contribution in [3.63, 3.8) is 0 Å². The average Bonchev–Trinajstić information content (AvgIpc) is 2.48. The molecule has 1 aromatic carbocycles. The lowest BCUT2D eigenvalue weighted by molar-refractivity contribution is 0.102. The Labute approximate surface area is 131 Å². The number of benzene rings is 1. The van der Waals surface area contributed by atoms with Crippen molar-refractivity contribution in [1.82, 2.24) is 9.97 Å². The number of hydrogen-bond donors (Lipinski definition) is 2. The molecule has 116 valence electrons. The van der Waals surface area contributed by atoms with E-state index >= 15 is 0 Å². The Morgan fingerprint density at radius 1 is 1.18 bits per heavy atom. The number of carbonyl (C=O) groups excluding carboxylic acids is 1. The van der Waals surface area contributed by atoms with Crippen molar-refractivity contribution in [2.75, 3.05) is 17.2 Å². The Balaban J connectivity index is 2.10. The molecule has 22 heavy (non-hydrogen) atoms. The molecular weight excluding hydrogens is 276 g/mol. The number of hydrogen-bond acceptors (Lipinski definition) is 4. The number of anilines is 2. The maximum atomic E-state index is 12.3. The van der Waals surface area contributed by atoms with Crippen molar-refractivity contribution >= 4 is 17.4 Å². The van der Waals surface area contributed by atoms with E-state index in [0.29, 0.717) is 17.4 Å². The minimum absolute atomic E-state index is 0.234. The van der Waals surface area contributed by atoms with Crippen LogP contribution in [-0.2, 0) is 0 Å². The van der Waals surface area contributed by atoms with E-state index < -0.39 is 0 Å². The molecule has 0 aliphatic carbocycles. The molecule has 0 spiro atoms. The van der Waals surface area contributed by atoms with Crippen LogP contribution in [0.2, 0.25) is 0 Å². The van der Waals surface area contributed by atoms with Gasteiger partial charge in [-0.25, -0.2) is 9.97 Å². The van der Waals surface area contributed by atoms with E-state index in [-0.39, 0.29) is 5.91 Å². The van der Waals surface area contributed by atoms with Crippen molar-refractivity contribution in [3.05, 3.63) is 47.4 Å². The zero-order valence-electron chi connectivity index (χ0n) is 13.5. The molecule has 2 N–H and O–H groups in total. The normalized spacial score (nSPS) is 10.6. The average molecular weight is 298 g/mol. The number of aromatic nitrogens is 2. The molecule has 0 aliphatic heterocycles. The van der Waals surface area contributed by atoms with Crippen molar-refractivity contribution in [2.45, 2.75) is 27.7 Å². The molecular formula is C17H22N4O. The van der Waals surface area contributed by atoms with Gasteiger partial charge in [-0.15, -0.1) is 0 Å². The van der Waals surface area contributed by atoms with E-state index in [0.717, 1.165) is 23.4 Å². The third-order valence-electron chi connectivity index (χ3n) is 3.22. The van der Waals surface area contributed by atoms with E-state index in [2.05, 4.69) is 34.4 Å². The minimum atomic E-state index is -0.234. The summed E-state index contributed by atoms with van der Waals surface area (Å²) < 4.78 is 0. The van der Waals surface area contributed by atoms with Crippen LogP contribution in [-0.4, -0.2) is 22.4 Å². The summed E-state index contributed by atoms with van der Waals surface area (Å²) in [5.41, 5.74) is 3.34. The van der Waals surface area contributed by atoms with Crippen LogP contribution < -0.4 is 10.6 Å². The molecule has 1 heterocycles. The zero-order chi connectivity index (χ0) is 16.1. The Kier molecular flexibility index (Phi) is 5.09. The van der Waals surface area contributed by atoms with Crippen LogP contribution in [0.4, 0.5) is 11.5 Å². The van der Waals surface area contributed by atoms with Gasteiger partial charge in [0.05, 0.1) is 0 Å². The predicted octanol–water partition coefficient (Wildman–Crippen LogP) is 3.41. The van der Waals surface area contributed by atoms with Crippen molar-refractivity contribution in [2.24, 2.45) is 5.92 Å². The molecule has 0 saturated heterocycles. The van der Waals surface area contributed by atoms with Crippen molar-refractivity contribution < 1.29 is 4.79 Å². The maximum Gasteiger partial charge on any atom is 0.274 e. The summed E-state index contributed by atoms with van der Waals surface area (Å²) in [5.74, 6) is 0.930. The molecule has 0 bridgehead atoms. The molecule has 0 aliphatic rings. The fourth-order valence-electron chi connectivity index (χ4n) is 2.03. The fourth-order valence-corrected chi connectivity index (χ4v) is 2.03. The summed E-state index contributed by atoms with van der Waals surface area (Å²) in [4.78, 5) is 20.5. The lowest BCUT2D eigenvalue weighted by Gasteiger charge is -2.10. The Morgan fingerprint density at radius 3 is 2.64 bits per heavy atom. The van der Waals surface area contributed by atoms with Gasteiger partial charge in [0.25, 0.3) is 5.91 Å². The predicted molar refractivity (Wildman–Crippen MR) is 89.2 cm³/mol. The van der Waals surface area contributed by atoms with Gasteiger partial charge in [0.15, 0.2) is 0 Å². The third-order valence-corrected chi connectivity index (χ3v) is 3.22. The highest BCUT2D eigenvalue weighted by Gasteiger charge is 2.10. The van der Waals surface area contributed by atoms with Crippen molar-refractivity contribution in [3.8, 4) is 0 Å². The molecule has 1 aromatic heterocycles. The SMILES string of the molecule is Cc1ccc(NC(=O)c2cc(NCC(C)C)ncn2)c(C)c1. The monoisotopic (exact) mass is 298 g/mol. The second kappa shape index (κ2) is 7.02. The third kappa shape index (κ3) is 4.28. The zero-order valence-corrected chi connectivity index (χ0v) is 13.5. The number of rotatable bonds is 5. The summed E-state index contributed by atoms with van der Waals surface area (Å²) >= 11 is 0. The van der Waals surface area contributed by atoms with Crippen molar-refractivity contribution in [1.29, 1.82) is 0 Å². The van der Waals surface area contributed by atoms with Gasteiger partial charge in [0.2, 0.25) is 0 Å². The molecule has 0 radical (unpaired) electrons. The lowest BCUT2D eigenvalue weighted by atomic mass is 10.1. The summed E-state index contributed by atoms with van der Waals surface area (Å²) in [6.07, 6.45) is 1.40. The second-order valence-corrected chi connectivity index (χ2v) is 5.84. The number of amides is 1. The van der Waals surface area contributed by atoms with E-state index in [1.54, 1.807) is 6.07 Å². The molecule has 5 nitrogen and oxygen atoms in total. The first-order chi connectivity index (χ1) is 10.5. The maximum absolute atomic E-state index is 12.3. The molecule has 2 aromatic rings. The van der Waals surface area contributed by atoms with Gasteiger partial charge in [-0.2, -0.15) is 0 Å². The fraction of sp³-hybridized carbons (Fsp3) is 0.353. The molecule has 0 fully saturated rings. The van der Waals surface area contributed by atoms with Gasteiger partial charge in [0.1, 0.15) is 17.8 Å². The van der Waals surface area contributed by atoms with E-state index in [1.807, 2.05) is 32.0 Å². The van der Waals surface area contributed by atoms with Crippen LogP contribution in [0.5, 0.6) is 0 Å². The van der Waals surface area contributed by atoms with Gasteiger partial charge in [0, 0.05) is 18.3 Å². The van der Waals surface area contributed by atoms with Gasteiger partial charge >= 0.3 is 0 Å². The highest BCUT2D eigenvalue weighted by Crippen LogP contribution is 2.17. The Hall–Kier alpha value is -2.43. The molecule has 5 heteroatoms. The molecule has 0 unspecified atom stereocenters. The Bertz CT molecular complexity index is 667. The van der Waals surface area contributed by atoms with Crippen LogP contribution in [0.15, 0.2) is 30.6 Å².